The van der Waals surface area contributed by atoms with E-state index in [0.717, 1.165) is 11.6 Å². The van der Waals surface area contributed by atoms with Crippen LogP contribution in [0.25, 0.3) is 0 Å². The van der Waals surface area contributed by atoms with Gasteiger partial charge < -0.3 is 4.74 Å². The number of anilines is 1. The molecule has 0 atom stereocenters. The van der Waals surface area contributed by atoms with Gasteiger partial charge in [-0.05, 0) is 29.8 Å². The summed E-state index contributed by atoms with van der Waals surface area (Å²) in [5.74, 6) is -0.437. The van der Waals surface area contributed by atoms with Crippen molar-refractivity contribution in [2.45, 2.75) is 6.42 Å². The van der Waals surface area contributed by atoms with Crippen LogP contribution in [0.3, 0.4) is 0 Å². The number of amides is 1. The number of carbonyl (C=O) groups is 1. The highest BCUT2D eigenvalue weighted by molar-refractivity contribution is 7.15. The lowest BCUT2D eigenvalue weighted by molar-refractivity contribution is -0.385. The third-order valence-electron chi connectivity index (χ3n) is 3.59. The standard InChI is InChI=1S/C17H13ClN4O4S/c1-26-14-7-4-11(9-13(14)22(24)25)16(23)19-17-21-20-15(27-17)8-10-2-5-12(18)6-3-10/h2-7,9H,8H2,1H3,(H,19,21,23). The number of nitrogens with zero attached hydrogens (tertiary/aromatic N) is 3. The Balaban J connectivity index is 1.71. The quantitative estimate of drug-likeness (QED) is 0.492. The largest absolute Gasteiger partial charge is 0.490 e. The molecule has 0 bridgehead atoms. The molecule has 0 aliphatic heterocycles. The Bertz CT molecular complexity index is 991. The first-order valence-electron chi connectivity index (χ1n) is 7.67. The van der Waals surface area contributed by atoms with Crippen molar-refractivity contribution >= 4 is 39.7 Å². The highest BCUT2D eigenvalue weighted by atomic mass is 35.5. The first-order chi connectivity index (χ1) is 13.0. The molecule has 8 nitrogen and oxygen atoms in total. The van der Waals surface area contributed by atoms with E-state index in [1.165, 1.54) is 30.6 Å². The summed E-state index contributed by atoms with van der Waals surface area (Å²) < 4.78 is 4.92. The molecule has 0 saturated heterocycles. The fourth-order valence-corrected chi connectivity index (χ4v) is 3.19. The van der Waals surface area contributed by atoms with Crippen molar-refractivity contribution in [2.75, 3.05) is 12.4 Å². The fraction of sp³-hybridized carbons (Fsp3) is 0.118. The van der Waals surface area contributed by atoms with E-state index in [1.54, 1.807) is 12.1 Å². The summed E-state index contributed by atoms with van der Waals surface area (Å²) >= 11 is 7.09. The Morgan fingerprint density at radius 2 is 2.00 bits per heavy atom. The molecule has 3 rings (SSSR count). The smallest absolute Gasteiger partial charge is 0.311 e. The molecule has 10 heteroatoms. The van der Waals surface area contributed by atoms with Crippen molar-refractivity contribution in [3.05, 3.63) is 73.7 Å². The van der Waals surface area contributed by atoms with Crippen LogP contribution in [-0.4, -0.2) is 28.1 Å². The van der Waals surface area contributed by atoms with Crippen LogP contribution in [-0.2, 0) is 6.42 Å². The average Bonchev–Trinajstić information content (AvgIpc) is 3.09. The van der Waals surface area contributed by atoms with Gasteiger partial charge in [-0.3, -0.25) is 20.2 Å². The van der Waals surface area contributed by atoms with Gasteiger partial charge in [-0.15, -0.1) is 10.2 Å². The van der Waals surface area contributed by atoms with E-state index in [-0.39, 0.29) is 17.0 Å². The monoisotopic (exact) mass is 404 g/mol. The number of hydrogen-bond donors (Lipinski definition) is 1. The molecule has 3 aromatic rings. The van der Waals surface area contributed by atoms with E-state index in [2.05, 4.69) is 15.5 Å². The van der Waals surface area contributed by atoms with E-state index < -0.39 is 10.8 Å². The summed E-state index contributed by atoms with van der Waals surface area (Å²) in [6, 6.07) is 11.3. The Labute approximate surface area is 162 Å². The molecule has 1 aromatic heterocycles. The first kappa shape index (κ1) is 18.7. The second-order valence-electron chi connectivity index (χ2n) is 5.40. The van der Waals surface area contributed by atoms with E-state index in [0.29, 0.717) is 21.6 Å². The van der Waals surface area contributed by atoms with E-state index in [4.69, 9.17) is 16.3 Å². The van der Waals surface area contributed by atoms with Crippen molar-refractivity contribution in [1.29, 1.82) is 0 Å². The van der Waals surface area contributed by atoms with Gasteiger partial charge in [0.2, 0.25) is 5.13 Å². The van der Waals surface area contributed by atoms with Crippen LogP contribution >= 0.6 is 22.9 Å². The molecule has 0 fully saturated rings. The Morgan fingerprint density at radius 1 is 1.26 bits per heavy atom. The molecule has 0 radical (unpaired) electrons. The third kappa shape index (κ3) is 4.57. The van der Waals surface area contributed by atoms with E-state index in [9.17, 15) is 14.9 Å². The van der Waals surface area contributed by atoms with Crippen LogP contribution in [0.1, 0.15) is 20.9 Å². The molecule has 27 heavy (non-hydrogen) atoms. The first-order valence-corrected chi connectivity index (χ1v) is 8.86. The van der Waals surface area contributed by atoms with Crippen LogP contribution in [0.5, 0.6) is 5.75 Å². The summed E-state index contributed by atoms with van der Waals surface area (Å²) in [4.78, 5) is 22.8. The minimum Gasteiger partial charge on any atom is -0.490 e. The van der Waals surface area contributed by atoms with E-state index in [1.807, 2.05) is 12.1 Å². The number of ether oxygens (including phenoxy) is 1. The summed E-state index contributed by atoms with van der Waals surface area (Å²) in [5.41, 5.74) is 0.849. The maximum absolute atomic E-state index is 12.3. The molecule has 2 aromatic carbocycles. The molecule has 1 heterocycles. The Morgan fingerprint density at radius 3 is 2.67 bits per heavy atom. The number of nitro benzene ring substituents is 1. The van der Waals surface area contributed by atoms with Gasteiger partial charge in [0, 0.05) is 23.1 Å². The van der Waals surface area contributed by atoms with Crippen LogP contribution in [0.2, 0.25) is 5.02 Å². The predicted molar refractivity (Wildman–Crippen MR) is 102 cm³/mol. The minimum atomic E-state index is -0.606. The molecule has 1 amide bonds. The summed E-state index contributed by atoms with van der Waals surface area (Å²) in [7, 11) is 1.32. The highest BCUT2D eigenvalue weighted by Crippen LogP contribution is 2.28. The maximum Gasteiger partial charge on any atom is 0.311 e. The normalized spacial score (nSPS) is 10.4. The Hall–Kier alpha value is -3.04. The lowest BCUT2D eigenvalue weighted by Gasteiger charge is -2.04. The molecule has 0 saturated carbocycles. The topological polar surface area (TPSA) is 107 Å². The van der Waals surface area contributed by atoms with Gasteiger partial charge in [0.05, 0.1) is 12.0 Å². The molecule has 0 unspecified atom stereocenters. The lowest BCUT2D eigenvalue weighted by atomic mass is 10.2. The van der Waals surface area contributed by atoms with Gasteiger partial charge in [-0.1, -0.05) is 35.1 Å². The number of halogens is 1. The van der Waals surface area contributed by atoms with Gasteiger partial charge in [-0.2, -0.15) is 0 Å². The van der Waals surface area contributed by atoms with Gasteiger partial charge in [0.1, 0.15) is 5.01 Å². The van der Waals surface area contributed by atoms with Crippen LogP contribution in [0.4, 0.5) is 10.8 Å². The number of benzene rings is 2. The SMILES string of the molecule is COc1ccc(C(=O)Nc2nnc(Cc3ccc(Cl)cc3)s2)cc1[N+](=O)[O-]. The van der Waals surface area contributed by atoms with Gasteiger partial charge in [0.25, 0.3) is 5.91 Å². The zero-order valence-corrected chi connectivity index (χ0v) is 15.6. The number of methoxy groups -OCH3 is 1. The maximum atomic E-state index is 12.3. The molecular weight excluding hydrogens is 392 g/mol. The lowest BCUT2D eigenvalue weighted by Crippen LogP contribution is -2.12. The number of nitro groups is 1. The summed E-state index contributed by atoms with van der Waals surface area (Å²) in [6.07, 6.45) is 0.554. The number of rotatable bonds is 6. The van der Waals surface area contributed by atoms with Crippen molar-refractivity contribution in [2.24, 2.45) is 0 Å². The second kappa shape index (κ2) is 8.11. The van der Waals surface area contributed by atoms with E-state index >= 15 is 0 Å². The highest BCUT2D eigenvalue weighted by Gasteiger charge is 2.19. The summed E-state index contributed by atoms with van der Waals surface area (Å²) in [5, 5.41) is 23.3. The van der Waals surface area contributed by atoms with Crippen LogP contribution < -0.4 is 10.1 Å². The van der Waals surface area contributed by atoms with Crippen molar-refractivity contribution in [3.8, 4) is 5.75 Å². The Kier molecular flexibility index (Phi) is 5.63. The summed E-state index contributed by atoms with van der Waals surface area (Å²) in [6.45, 7) is 0. The molecule has 0 aliphatic rings. The van der Waals surface area contributed by atoms with Gasteiger partial charge in [-0.25, -0.2) is 0 Å². The zero-order chi connectivity index (χ0) is 19.4. The van der Waals surface area contributed by atoms with Crippen molar-refractivity contribution in [3.63, 3.8) is 0 Å². The van der Waals surface area contributed by atoms with Crippen molar-refractivity contribution in [1.82, 2.24) is 10.2 Å². The second-order valence-corrected chi connectivity index (χ2v) is 6.90. The molecule has 0 aliphatic carbocycles. The minimum absolute atomic E-state index is 0.0812. The van der Waals surface area contributed by atoms with Crippen molar-refractivity contribution < 1.29 is 14.5 Å². The van der Waals surface area contributed by atoms with Gasteiger partial charge in [0.15, 0.2) is 5.75 Å². The fourth-order valence-electron chi connectivity index (χ4n) is 2.30. The number of aromatic nitrogens is 2. The predicted octanol–water partition coefficient (Wildman–Crippen LogP) is 3.95. The zero-order valence-electron chi connectivity index (χ0n) is 14.0. The number of carbonyl (C=O) groups excluding carboxylic acids is 1. The molecule has 0 spiro atoms. The van der Waals surface area contributed by atoms with Gasteiger partial charge >= 0.3 is 5.69 Å². The van der Waals surface area contributed by atoms with Crippen LogP contribution in [0, 0.1) is 10.1 Å². The average molecular weight is 405 g/mol. The molecule has 1 N–H and O–H groups in total. The molecular formula is C17H13ClN4O4S. The third-order valence-corrected chi connectivity index (χ3v) is 4.68. The van der Waals surface area contributed by atoms with Crippen LogP contribution in [0.15, 0.2) is 42.5 Å². The number of nitrogens with one attached hydrogen (secondary N) is 1. The number of hydrogen-bond acceptors (Lipinski definition) is 7. The molecule has 138 valence electrons.